The average Bonchev–Trinajstić information content (AvgIpc) is 2.36. The maximum Gasteiger partial charge on any atom is 0.312 e. The molecule has 0 unspecified atom stereocenters. The highest BCUT2D eigenvalue weighted by Crippen LogP contribution is 2.12. The molecule has 0 saturated carbocycles. The quantitative estimate of drug-likeness (QED) is 0.837. The van der Waals surface area contributed by atoms with E-state index < -0.39 is 11.8 Å². The van der Waals surface area contributed by atoms with Gasteiger partial charge in [0.2, 0.25) is 0 Å². The maximum absolute atomic E-state index is 12.0. The van der Waals surface area contributed by atoms with Crippen molar-refractivity contribution in [3.05, 3.63) is 30.1 Å². The fourth-order valence-corrected chi connectivity index (χ4v) is 1.80. The number of hydrogen-bond donors (Lipinski definition) is 1. The SMILES string of the molecule is CCN(C(=O)C(=O)NCc1ccncc1)C(C)(C)C. The third-order valence-electron chi connectivity index (χ3n) is 2.77. The van der Waals surface area contributed by atoms with E-state index in [4.69, 9.17) is 0 Å². The number of nitrogens with zero attached hydrogens (tertiary/aromatic N) is 2. The predicted molar refractivity (Wildman–Crippen MR) is 73.2 cm³/mol. The second-order valence-electron chi connectivity index (χ2n) is 5.26. The molecule has 1 aromatic heterocycles. The number of aromatic nitrogens is 1. The zero-order chi connectivity index (χ0) is 14.5. The highest BCUT2D eigenvalue weighted by atomic mass is 16.2. The fraction of sp³-hybridized carbons (Fsp3) is 0.500. The van der Waals surface area contributed by atoms with Gasteiger partial charge in [-0.05, 0) is 45.4 Å². The first-order chi connectivity index (χ1) is 8.86. The molecule has 0 aliphatic rings. The summed E-state index contributed by atoms with van der Waals surface area (Å²) in [5, 5.41) is 2.63. The summed E-state index contributed by atoms with van der Waals surface area (Å²) in [6.45, 7) is 8.42. The molecule has 0 aliphatic carbocycles. The Morgan fingerprint density at radius 2 is 1.84 bits per heavy atom. The largest absolute Gasteiger partial charge is 0.344 e. The molecule has 0 aliphatic heterocycles. The lowest BCUT2D eigenvalue weighted by atomic mass is 10.1. The molecule has 19 heavy (non-hydrogen) atoms. The van der Waals surface area contributed by atoms with Gasteiger partial charge in [0.1, 0.15) is 0 Å². The van der Waals surface area contributed by atoms with Crippen LogP contribution in [0.2, 0.25) is 0 Å². The van der Waals surface area contributed by atoms with Crippen LogP contribution in [0.4, 0.5) is 0 Å². The Bertz CT molecular complexity index is 438. The Kier molecular flexibility index (Phi) is 5.03. The third-order valence-corrected chi connectivity index (χ3v) is 2.77. The van der Waals surface area contributed by atoms with Gasteiger partial charge in [0.15, 0.2) is 0 Å². The minimum Gasteiger partial charge on any atom is -0.344 e. The van der Waals surface area contributed by atoms with Gasteiger partial charge < -0.3 is 10.2 Å². The lowest BCUT2D eigenvalue weighted by molar-refractivity contribution is -0.149. The number of carbonyl (C=O) groups is 2. The topological polar surface area (TPSA) is 62.3 Å². The summed E-state index contributed by atoms with van der Waals surface area (Å²) in [4.78, 5) is 29.3. The summed E-state index contributed by atoms with van der Waals surface area (Å²) in [7, 11) is 0. The Balaban J connectivity index is 2.60. The molecular weight excluding hydrogens is 242 g/mol. The second kappa shape index (κ2) is 6.31. The molecule has 1 aromatic rings. The minimum absolute atomic E-state index is 0.328. The van der Waals surface area contributed by atoms with Crippen LogP contribution in [0.1, 0.15) is 33.3 Å². The first-order valence-corrected chi connectivity index (χ1v) is 6.35. The molecule has 1 rings (SSSR count). The van der Waals surface area contributed by atoms with Crippen molar-refractivity contribution in [1.29, 1.82) is 0 Å². The average molecular weight is 263 g/mol. The van der Waals surface area contributed by atoms with Crippen LogP contribution in [-0.4, -0.2) is 33.8 Å². The van der Waals surface area contributed by atoms with E-state index in [9.17, 15) is 9.59 Å². The third kappa shape index (κ3) is 4.35. The molecule has 2 amide bonds. The molecule has 0 spiro atoms. The summed E-state index contributed by atoms with van der Waals surface area (Å²) < 4.78 is 0. The first-order valence-electron chi connectivity index (χ1n) is 6.35. The van der Waals surface area contributed by atoms with E-state index in [0.29, 0.717) is 13.1 Å². The van der Waals surface area contributed by atoms with Gasteiger partial charge in [-0.2, -0.15) is 0 Å². The molecule has 0 radical (unpaired) electrons. The van der Waals surface area contributed by atoms with E-state index in [1.165, 1.54) is 0 Å². The molecule has 104 valence electrons. The number of nitrogens with one attached hydrogen (secondary N) is 1. The number of hydrogen-bond acceptors (Lipinski definition) is 3. The van der Waals surface area contributed by atoms with Crippen molar-refractivity contribution < 1.29 is 9.59 Å². The van der Waals surface area contributed by atoms with Gasteiger partial charge >= 0.3 is 11.8 Å². The van der Waals surface area contributed by atoms with E-state index in [-0.39, 0.29) is 5.54 Å². The van der Waals surface area contributed by atoms with Crippen molar-refractivity contribution in [3.63, 3.8) is 0 Å². The van der Waals surface area contributed by atoms with Crippen LogP contribution in [-0.2, 0) is 16.1 Å². The summed E-state index contributed by atoms with van der Waals surface area (Å²) in [5.41, 5.74) is 0.551. The van der Waals surface area contributed by atoms with Crippen molar-refractivity contribution in [2.75, 3.05) is 6.54 Å². The monoisotopic (exact) mass is 263 g/mol. The van der Waals surface area contributed by atoms with E-state index in [2.05, 4.69) is 10.3 Å². The smallest absolute Gasteiger partial charge is 0.312 e. The van der Waals surface area contributed by atoms with Gasteiger partial charge in [-0.25, -0.2) is 0 Å². The standard InChI is InChI=1S/C14H21N3O2/c1-5-17(14(2,3)4)13(19)12(18)16-10-11-6-8-15-9-7-11/h6-9H,5,10H2,1-4H3,(H,16,18). The van der Waals surface area contributed by atoms with E-state index >= 15 is 0 Å². The van der Waals surface area contributed by atoms with Crippen LogP contribution < -0.4 is 5.32 Å². The molecule has 0 aromatic carbocycles. The van der Waals surface area contributed by atoms with E-state index in [1.807, 2.05) is 27.7 Å². The van der Waals surface area contributed by atoms with Gasteiger partial charge in [-0.3, -0.25) is 14.6 Å². The van der Waals surface area contributed by atoms with Gasteiger partial charge in [-0.15, -0.1) is 0 Å². The highest BCUT2D eigenvalue weighted by Gasteiger charge is 2.29. The normalized spacial score (nSPS) is 10.9. The van der Waals surface area contributed by atoms with Gasteiger partial charge in [0.05, 0.1) is 0 Å². The first kappa shape index (κ1) is 15.1. The van der Waals surface area contributed by atoms with Crippen molar-refractivity contribution >= 4 is 11.8 Å². The number of likely N-dealkylation sites (N-methyl/N-ethyl adjacent to an activating group) is 1. The van der Waals surface area contributed by atoms with Crippen LogP contribution in [0.15, 0.2) is 24.5 Å². The maximum atomic E-state index is 12.0. The number of pyridine rings is 1. The number of amides is 2. The van der Waals surface area contributed by atoms with Crippen LogP contribution in [0.3, 0.4) is 0 Å². The van der Waals surface area contributed by atoms with Gasteiger partial charge in [-0.1, -0.05) is 0 Å². The van der Waals surface area contributed by atoms with E-state index in [1.54, 1.807) is 29.4 Å². The Hall–Kier alpha value is -1.91. The molecule has 0 bridgehead atoms. The Morgan fingerprint density at radius 1 is 1.26 bits per heavy atom. The summed E-state index contributed by atoms with van der Waals surface area (Å²) in [5.74, 6) is -1.07. The van der Waals surface area contributed by atoms with Crippen LogP contribution >= 0.6 is 0 Å². The van der Waals surface area contributed by atoms with Gasteiger partial charge in [0, 0.05) is 31.0 Å². The molecule has 1 heterocycles. The minimum atomic E-state index is -0.575. The molecule has 5 heteroatoms. The molecule has 5 nitrogen and oxygen atoms in total. The summed E-state index contributed by atoms with van der Waals surface area (Å²) in [6.07, 6.45) is 3.30. The Morgan fingerprint density at radius 3 is 2.32 bits per heavy atom. The zero-order valence-corrected chi connectivity index (χ0v) is 11.9. The molecule has 0 saturated heterocycles. The molecular formula is C14H21N3O2. The lowest BCUT2D eigenvalue weighted by Gasteiger charge is -2.34. The summed E-state index contributed by atoms with van der Waals surface area (Å²) >= 11 is 0. The van der Waals surface area contributed by atoms with Crippen molar-refractivity contribution in [2.45, 2.75) is 39.8 Å². The molecule has 0 atom stereocenters. The Labute approximate surface area is 114 Å². The van der Waals surface area contributed by atoms with Gasteiger partial charge in [0.25, 0.3) is 0 Å². The molecule has 0 fully saturated rings. The molecule has 1 N–H and O–H groups in total. The zero-order valence-electron chi connectivity index (χ0n) is 11.9. The predicted octanol–water partition coefficient (Wildman–Crippen LogP) is 1.34. The number of rotatable bonds is 3. The number of carbonyl (C=O) groups excluding carboxylic acids is 2. The van der Waals surface area contributed by atoms with Crippen LogP contribution in [0.25, 0.3) is 0 Å². The van der Waals surface area contributed by atoms with Crippen molar-refractivity contribution in [1.82, 2.24) is 15.2 Å². The van der Waals surface area contributed by atoms with Crippen LogP contribution in [0.5, 0.6) is 0 Å². The highest BCUT2D eigenvalue weighted by molar-refractivity contribution is 6.35. The van der Waals surface area contributed by atoms with Crippen LogP contribution in [0, 0.1) is 0 Å². The van der Waals surface area contributed by atoms with Crippen molar-refractivity contribution in [3.8, 4) is 0 Å². The lowest BCUT2D eigenvalue weighted by Crippen LogP contribution is -2.51. The fourth-order valence-electron chi connectivity index (χ4n) is 1.80. The van der Waals surface area contributed by atoms with E-state index in [0.717, 1.165) is 5.56 Å². The summed E-state index contributed by atoms with van der Waals surface area (Å²) in [6, 6.07) is 3.60. The second-order valence-corrected chi connectivity index (χ2v) is 5.26. The van der Waals surface area contributed by atoms with Crippen molar-refractivity contribution in [2.24, 2.45) is 0 Å².